The van der Waals surface area contributed by atoms with Crippen LogP contribution in [0.2, 0.25) is 0 Å². The Morgan fingerprint density at radius 3 is 1.05 bits per heavy atom. The van der Waals surface area contributed by atoms with Crippen LogP contribution in [0.25, 0.3) is 21.8 Å². The minimum atomic E-state index is -6.07. The predicted octanol–water partition coefficient (Wildman–Crippen LogP) is 8.00. The monoisotopic (exact) mass is 950 g/mol. The van der Waals surface area contributed by atoms with E-state index in [1.54, 1.807) is 0 Å². The fourth-order valence-electron chi connectivity index (χ4n) is 6.08. The molecule has 0 bridgehead atoms. The summed E-state index contributed by atoms with van der Waals surface area (Å²) in [4.78, 5) is 75.5. The number of carbonyl (C=O) groups is 2. The number of halogens is 12. The molecule has 348 valence electrons. The van der Waals surface area contributed by atoms with Crippen LogP contribution in [-0.2, 0) is 11.2 Å². The Bertz CT molecular complexity index is 2770. The van der Waals surface area contributed by atoms with E-state index < -0.39 is 102 Å². The summed E-state index contributed by atoms with van der Waals surface area (Å²) in [5, 5.41) is 44.7. The molecule has 0 atom stereocenters. The van der Waals surface area contributed by atoms with E-state index >= 15 is 0 Å². The highest BCUT2D eigenvalue weighted by Gasteiger charge is 2.72. The van der Waals surface area contributed by atoms with Gasteiger partial charge in [-0.15, -0.1) is 0 Å². The average molecular weight is 951 g/mol. The second-order valence-electron chi connectivity index (χ2n) is 13.5. The number of non-ortho nitro benzene ring substituents is 2. The molecule has 0 spiro atoms. The standard InChI is InChI=1S/2C19H11F6N3O5/c2*20-18(21,22)17(31,19(23,24)25)9-4-6-10(7-5-9)27-16(30)12-8-26-14-11(15(12)29)2-1-3-13(14)28(32)33/h2*1-8,31H,(H,26,29)(H,27,30). The minimum Gasteiger partial charge on any atom is -0.369 e. The minimum absolute atomic E-state index is 0.146. The lowest BCUT2D eigenvalue weighted by Crippen LogP contribution is -2.53. The SMILES string of the molecule is O=C(Nc1ccc(C(O)(C(F)(F)F)C(F)(F)F)cc1)c1c[nH]c2c([N+](=O)[O-])cccc2c1=O.O=C(Nc1ccc(C(O)(C(F)(F)F)C(F)(F)F)cc1)c1c[nH]c2c([N+](=O)[O-])cccc2c1=O. The Balaban J connectivity index is 0.000000247. The number of fused-ring (bicyclic) bond motifs is 2. The number of carbonyl (C=O) groups excluding carboxylic acids is 2. The molecule has 4 aromatic carbocycles. The van der Waals surface area contributed by atoms with Gasteiger partial charge in [-0.05, 0) is 36.4 Å². The van der Waals surface area contributed by atoms with E-state index in [2.05, 4.69) is 20.6 Å². The molecular formula is C38H22F12N6O10. The lowest BCUT2D eigenvalue weighted by atomic mass is 9.92. The number of rotatable bonds is 8. The molecule has 6 N–H and O–H groups in total. The smallest absolute Gasteiger partial charge is 0.369 e. The van der Waals surface area contributed by atoms with Crippen molar-refractivity contribution in [1.29, 1.82) is 0 Å². The molecule has 0 fully saturated rings. The topological polar surface area (TPSA) is 251 Å². The van der Waals surface area contributed by atoms with Gasteiger partial charge in [0, 0.05) is 47.0 Å². The first-order valence-corrected chi connectivity index (χ1v) is 17.5. The van der Waals surface area contributed by atoms with Crippen molar-refractivity contribution in [2.45, 2.75) is 35.9 Å². The van der Waals surface area contributed by atoms with E-state index in [0.29, 0.717) is 48.5 Å². The lowest BCUT2D eigenvalue weighted by Gasteiger charge is -2.32. The Kier molecular flexibility index (Phi) is 12.8. The van der Waals surface area contributed by atoms with Gasteiger partial charge in [0.15, 0.2) is 0 Å². The van der Waals surface area contributed by atoms with E-state index in [9.17, 15) is 102 Å². The zero-order chi connectivity index (χ0) is 49.5. The van der Waals surface area contributed by atoms with Crippen LogP contribution in [0.3, 0.4) is 0 Å². The third-order valence-corrected chi connectivity index (χ3v) is 9.43. The van der Waals surface area contributed by atoms with Gasteiger partial charge in [-0.25, -0.2) is 0 Å². The summed E-state index contributed by atoms with van der Waals surface area (Å²) in [5.74, 6) is -2.17. The van der Waals surface area contributed by atoms with Crippen LogP contribution in [0, 0.1) is 20.2 Å². The first kappa shape index (κ1) is 49.1. The van der Waals surface area contributed by atoms with Gasteiger partial charge in [0.25, 0.3) is 34.4 Å². The van der Waals surface area contributed by atoms with Crippen molar-refractivity contribution >= 4 is 56.4 Å². The number of nitro benzene ring substituents is 2. The maximum absolute atomic E-state index is 12.9. The zero-order valence-electron chi connectivity index (χ0n) is 31.8. The van der Waals surface area contributed by atoms with Crippen LogP contribution in [0.1, 0.15) is 31.8 Å². The van der Waals surface area contributed by atoms with E-state index in [4.69, 9.17) is 0 Å². The highest BCUT2D eigenvalue weighted by Crippen LogP contribution is 2.51. The summed E-state index contributed by atoms with van der Waals surface area (Å²) >= 11 is 0. The molecule has 16 nitrogen and oxygen atoms in total. The number of aromatic amines is 2. The number of benzene rings is 4. The van der Waals surface area contributed by atoms with Gasteiger partial charge < -0.3 is 30.8 Å². The van der Waals surface area contributed by atoms with Crippen molar-refractivity contribution in [2.24, 2.45) is 0 Å². The van der Waals surface area contributed by atoms with Crippen LogP contribution in [0.4, 0.5) is 75.4 Å². The Labute approximate surface area is 355 Å². The molecule has 0 aliphatic heterocycles. The number of para-hydroxylation sites is 2. The fourth-order valence-corrected chi connectivity index (χ4v) is 6.08. The van der Waals surface area contributed by atoms with E-state index in [0.717, 1.165) is 24.5 Å². The molecule has 2 aromatic heterocycles. The first-order chi connectivity index (χ1) is 30.4. The number of pyridine rings is 2. The quantitative estimate of drug-likeness (QED) is 0.0487. The zero-order valence-corrected chi connectivity index (χ0v) is 31.8. The Morgan fingerprint density at radius 1 is 0.500 bits per heavy atom. The number of H-pyrrole nitrogens is 2. The predicted molar refractivity (Wildman–Crippen MR) is 203 cm³/mol. The number of hydrogen-bond acceptors (Lipinski definition) is 10. The maximum atomic E-state index is 12.9. The molecule has 0 radical (unpaired) electrons. The number of amides is 2. The molecule has 6 rings (SSSR count). The number of aliphatic hydroxyl groups is 2. The molecule has 0 aliphatic carbocycles. The van der Waals surface area contributed by atoms with Crippen molar-refractivity contribution in [3.8, 4) is 0 Å². The van der Waals surface area contributed by atoms with Crippen molar-refractivity contribution in [3.05, 3.63) is 160 Å². The summed E-state index contributed by atoms with van der Waals surface area (Å²) < 4.78 is 155. The summed E-state index contributed by atoms with van der Waals surface area (Å²) in [6, 6.07) is 11.1. The van der Waals surface area contributed by atoms with E-state index in [1.807, 2.05) is 0 Å². The molecule has 28 heteroatoms. The molecule has 0 aliphatic rings. The lowest BCUT2D eigenvalue weighted by molar-refractivity contribution is -0.383. The van der Waals surface area contributed by atoms with Crippen molar-refractivity contribution in [2.75, 3.05) is 10.6 Å². The van der Waals surface area contributed by atoms with Crippen LogP contribution in [0.15, 0.2) is 107 Å². The third kappa shape index (κ3) is 8.94. The first-order valence-electron chi connectivity index (χ1n) is 17.5. The van der Waals surface area contributed by atoms with Gasteiger partial charge in [0.1, 0.15) is 22.2 Å². The third-order valence-electron chi connectivity index (χ3n) is 9.43. The Morgan fingerprint density at radius 2 is 0.788 bits per heavy atom. The second-order valence-corrected chi connectivity index (χ2v) is 13.5. The van der Waals surface area contributed by atoms with Gasteiger partial charge >= 0.3 is 24.7 Å². The largest absolute Gasteiger partial charge is 0.430 e. The van der Waals surface area contributed by atoms with Crippen LogP contribution in [0.5, 0.6) is 0 Å². The normalized spacial score (nSPS) is 12.6. The second kappa shape index (κ2) is 17.3. The number of alkyl halides is 12. The van der Waals surface area contributed by atoms with Crippen molar-refractivity contribution in [1.82, 2.24) is 9.97 Å². The highest BCUT2D eigenvalue weighted by molar-refractivity contribution is 6.07. The van der Waals surface area contributed by atoms with Crippen molar-refractivity contribution in [3.63, 3.8) is 0 Å². The molecular weight excluding hydrogens is 928 g/mol. The Hall–Kier alpha value is -7.88. The van der Waals surface area contributed by atoms with E-state index in [1.165, 1.54) is 24.3 Å². The molecule has 0 saturated heterocycles. The van der Waals surface area contributed by atoms with Crippen LogP contribution >= 0.6 is 0 Å². The number of nitrogens with one attached hydrogen (secondary N) is 4. The van der Waals surface area contributed by atoms with Gasteiger partial charge in [-0.1, -0.05) is 36.4 Å². The van der Waals surface area contributed by atoms with Crippen molar-refractivity contribution < 1.29 is 82.3 Å². The number of anilines is 2. The highest BCUT2D eigenvalue weighted by atomic mass is 19.4. The number of nitro groups is 2. The molecule has 2 amide bonds. The van der Waals surface area contributed by atoms with Gasteiger partial charge in [0.2, 0.25) is 10.9 Å². The summed E-state index contributed by atoms with van der Waals surface area (Å²) in [5.41, 5.74) is -17.9. The molecule has 0 saturated carbocycles. The van der Waals surface area contributed by atoms with Gasteiger partial charge in [-0.3, -0.25) is 39.4 Å². The summed E-state index contributed by atoms with van der Waals surface area (Å²) in [6.07, 6.45) is -22.5. The van der Waals surface area contributed by atoms with E-state index in [-0.39, 0.29) is 33.2 Å². The number of nitrogens with zero attached hydrogens (tertiary/aromatic N) is 2. The average Bonchev–Trinajstić information content (AvgIpc) is 3.22. The summed E-state index contributed by atoms with van der Waals surface area (Å²) in [6.45, 7) is 0. The maximum Gasteiger partial charge on any atom is 0.430 e. The molecule has 0 unspecified atom stereocenters. The fraction of sp³-hybridized carbons (Fsp3) is 0.158. The molecule has 6 aromatic rings. The number of aromatic nitrogens is 2. The van der Waals surface area contributed by atoms with Gasteiger partial charge in [0.05, 0.1) is 20.6 Å². The summed E-state index contributed by atoms with van der Waals surface area (Å²) in [7, 11) is 0. The number of hydrogen-bond donors (Lipinski definition) is 6. The molecule has 2 heterocycles. The van der Waals surface area contributed by atoms with Crippen LogP contribution in [-0.4, -0.2) is 66.5 Å². The molecule has 66 heavy (non-hydrogen) atoms. The van der Waals surface area contributed by atoms with Crippen LogP contribution < -0.4 is 21.5 Å². The van der Waals surface area contributed by atoms with Gasteiger partial charge in [-0.2, -0.15) is 52.7 Å².